The van der Waals surface area contributed by atoms with Gasteiger partial charge in [0, 0.05) is 19.0 Å². The highest BCUT2D eigenvalue weighted by atomic mass is 16.5. The standard InChI is InChI=1S/C21H28N4O2/c1-2-24(15-19-22-20(27-23-19)17-11-12-17)21(26)18-10-6-7-13-25(18)14-16-8-4-3-5-9-16/h3-5,8-9,17-18H,2,6-7,10-15H2,1H3. The van der Waals surface area contributed by atoms with E-state index in [0.717, 1.165) is 51.1 Å². The number of amides is 1. The molecule has 1 unspecified atom stereocenters. The van der Waals surface area contributed by atoms with E-state index in [1.54, 1.807) is 0 Å². The lowest BCUT2D eigenvalue weighted by Gasteiger charge is -2.37. The van der Waals surface area contributed by atoms with Gasteiger partial charge in [-0.2, -0.15) is 4.98 Å². The van der Waals surface area contributed by atoms with Crippen LogP contribution in [0.2, 0.25) is 0 Å². The zero-order valence-electron chi connectivity index (χ0n) is 16.0. The maximum atomic E-state index is 13.3. The molecule has 1 amide bonds. The lowest BCUT2D eigenvalue weighted by molar-refractivity contribution is -0.139. The van der Waals surface area contributed by atoms with Gasteiger partial charge in [0.1, 0.15) is 0 Å². The number of aromatic nitrogens is 2. The summed E-state index contributed by atoms with van der Waals surface area (Å²) >= 11 is 0. The zero-order valence-corrected chi connectivity index (χ0v) is 16.0. The number of carbonyl (C=O) groups is 1. The van der Waals surface area contributed by atoms with Gasteiger partial charge in [-0.15, -0.1) is 0 Å². The predicted molar refractivity (Wildman–Crippen MR) is 102 cm³/mol. The Morgan fingerprint density at radius 1 is 1.22 bits per heavy atom. The van der Waals surface area contributed by atoms with Gasteiger partial charge in [-0.25, -0.2) is 0 Å². The van der Waals surface area contributed by atoms with E-state index < -0.39 is 0 Å². The number of piperidine rings is 1. The maximum absolute atomic E-state index is 13.3. The summed E-state index contributed by atoms with van der Waals surface area (Å²) in [5, 5.41) is 4.09. The number of likely N-dealkylation sites (N-methyl/N-ethyl adjacent to an activating group) is 1. The number of carbonyl (C=O) groups excluding carboxylic acids is 1. The van der Waals surface area contributed by atoms with Crippen molar-refractivity contribution in [2.45, 2.75) is 64.1 Å². The summed E-state index contributed by atoms with van der Waals surface area (Å²) in [6.07, 6.45) is 5.44. The molecule has 1 aliphatic heterocycles. The molecular formula is C21H28N4O2. The van der Waals surface area contributed by atoms with Gasteiger partial charge in [0.05, 0.1) is 12.6 Å². The van der Waals surface area contributed by atoms with Crippen LogP contribution in [0.4, 0.5) is 0 Å². The fourth-order valence-corrected chi connectivity index (χ4v) is 3.83. The van der Waals surface area contributed by atoms with Gasteiger partial charge < -0.3 is 9.42 Å². The van der Waals surface area contributed by atoms with Crippen molar-refractivity contribution in [1.29, 1.82) is 0 Å². The van der Waals surface area contributed by atoms with Crippen molar-refractivity contribution in [1.82, 2.24) is 19.9 Å². The third-order valence-electron chi connectivity index (χ3n) is 5.56. The van der Waals surface area contributed by atoms with E-state index in [9.17, 15) is 4.79 Å². The summed E-state index contributed by atoms with van der Waals surface area (Å²) in [5.74, 6) is 1.98. The third-order valence-corrected chi connectivity index (χ3v) is 5.56. The van der Waals surface area contributed by atoms with E-state index in [0.29, 0.717) is 24.8 Å². The van der Waals surface area contributed by atoms with Gasteiger partial charge in [-0.05, 0) is 44.7 Å². The molecule has 6 heteroatoms. The van der Waals surface area contributed by atoms with Crippen LogP contribution in [-0.2, 0) is 17.9 Å². The average Bonchev–Trinajstić information content (AvgIpc) is 3.45. The first kappa shape index (κ1) is 18.2. The minimum atomic E-state index is -0.0614. The Morgan fingerprint density at radius 3 is 2.78 bits per heavy atom. The van der Waals surface area contributed by atoms with Crippen molar-refractivity contribution in [2.24, 2.45) is 0 Å². The van der Waals surface area contributed by atoms with Crippen LogP contribution in [0.25, 0.3) is 0 Å². The molecule has 2 heterocycles. The van der Waals surface area contributed by atoms with Gasteiger partial charge in [0.15, 0.2) is 5.82 Å². The van der Waals surface area contributed by atoms with Crippen LogP contribution in [0.5, 0.6) is 0 Å². The van der Waals surface area contributed by atoms with Crippen LogP contribution in [0.3, 0.4) is 0 Å². The monoisotopic (exact) mass is 368 g/mol. The van der Waals surface area contributed by atoms with Crippen molar-refractivity contribution in [2.75, 3.05) is 13.1 Å². The Kier molecular flexibility index (Phi) is 5.53. The highest BCUT2D eigenvalue weighted by Gasteiger charge is 2.33. The zero-order chi connectivity index (χ0) is 18.6. The van der Waals surface area contributed by atoms with Crippen molar-refractivity contribution in [3.63, 3.8) is 0 Å². The normalized spacial score (nSPS) is 20.6. The molecule has 1 aromatic heterocycles. The van der Waals surface area contributed by atoms with Gasteiger partial charge in [-0.3, -0.25) is 9.69 Å². The number of rotatable bonds is 7. The molecule has 1 saturated carbocycles. The quantitative estimate of drug-likeness (QED) is 0.750. The fraction of sp³-hybridized carbons (Fsp3) is 0.571. The van der Waals surface area contributed by atoms with Gasteiger partial charge in [-0.1, -0.05) is 41.9 Å². The molecule has 0 N–H and O–H groups in total. The summed E-state index contributed by atoms with van der Waals surface area (Å²) in [4.78, 5) is 22.0. The van der Waals surface area contributed by atoms with Crippen molar-refractivity contribution >= 4 is 5.91 Å². The van der Waals surface area contributed by atoms with Crippen molar-refractivity contribution < 1.29 is 9.32 Å². The van der Waals surface area contributed by atoms with Crippen molar-refractivity contribution in [3.8, 4) is 0 Å². The van der Waals surface area contributed by atoms with Crippen LogP contribution < -0.4 is 0 Å². The SMILES string of the molecule is CCN(Cc1noc(C2CC2)n1)C(=O)C1CCCCN1Cc1ccccc1. The van der Waals surface area contributed by atoms with Gasteiger partial charge in [0.2, 0.25) is 11.8 Å². The molecule has 1 atom stereocenters. The van der Waals surface area contributed by atoms with Crippen LogP contribution in [-0.4, -0.2) is 45.0 Å². The van der Waals surface area contributed by atoms with Crippen LogP contribution in [0, 0.1) is 0 Å². The number of benzene rings is 1. The summed E-state index contributed by atoms with van der Waals surface area (Å²) in [5.41, 5.74) is 1.26. The molecule has 2 aromatic rings. The highest BCUT2D eigenvalue weighted by molar-refractivity contribution is 5.82. The first-order chi connectivity index (χ1) is 13.2. The summed E-state index contributed by atoms with van der Waals surface area (Å²) < 4.78 is 5.35. The predicted octanol–water partition coefficient (Wildman–Crippen LogP) is 3.35. The largest absolute Gasteiger partial charge is 0.339 e. The first-order valence-corrected chi connectivity index (χ1v) is 10.1. The van der Waals surface area contributed by atoms with Crippen LogP contribution >= 0.6 is 0 Å². The summed E-state index contributed by atoms with van der Waals surface area (Å²) in [6, 6.07) is 10.3. The maximum Gasteiger partial charge on any atom is 0.240 e. The lowest BCUT2D eigenvalue weighted by atomic mass is 9.99. The second kappa shape index (κ2) is 8.21. The van der Waals surface area contributed by atoms with E-state index in [-0.39, 0.29) is 11.9 Å². The highest BCUT2D eigenvalue weighted by Crippen LogP contribution is 2.38. The van der Waals surface area contributed by atoms with E-state index in [1.165, 1.54) is 5.56 Å². The molecule has 2 fully saturated rings. The van der Waals surface area contributed by atoms with Crippen molar-refractivity contribution in [3.05, 3.63) is 47.6 Å². The third kappa shape index (κ3) is 4.38. The molecular weight excluding hydrogens is 340 g/mol. The molecule has 1 aliphatic carbocycles. The van der Waals surface area contributed by atoms with Crippen LogP contribution in [0.1, 0.15) is 62.2 Å². The molecule has 6 nitrogen and oxygen atoms in total. The minimum Gasteiger partial charge on any atom is -0.339 e. The molecule has 144 valence electrons. The Morgan fingerprint density at radius 2 is 2.04 bits per heavy atom. The molecule has 0 spiro atoms. The van der Waals surface area contributed by atoms with Crippen LogP contribution in [0.15, 0.2) is 34.9 Å². The minimum absolute atomic E-state index is 0.0614. The number of likely N-dealkylation sites (tertiary alicyclic amines) is 1. The Balaban J connectivity index is 1.43. The molecule has 1 aromatic carbocycles. The molecule has 2 aliphatic rings. The smallest absolute Gasteiger partial charge is 0.240 e. The van der Waals surface area contributed by atoms with E-state index >= 15 is 0 Å². The molecule has 1 saturated heterocycles. The number of hydrogen-bond acceptors (Lipinski definition) is 5. The van der Waals surface area contributed by atoms with Gasteiger partial charge in [0.25, 0.3) is 0 Å². The average molecular weight is 368 g/mol. The summed E-state index contributed by atoms with van der Waals surface area (Å²) in [7, 11) is 0. The van der Waals surface area contributed by atoms with Gasteiger partial charge >= 0.3 is 0 Å². The lowest BCUT2D eigenvalue weighted by Crippen LogP contribution is -2.50. The molecule has 4 rings (SSSR count). The Labute approximate surface area is 160 Å². The van der Waals surface area contributed by atoms with E-state index in [2.05, 4.69) is 39.3 Å². The first-order valence-electron chi connectivity index (χ1n) is 10.1. The molecule has 0 radical (unpaired) electrons. The molecule has 27 heavy (non-hydrogen) atoms. The summed E-state index contributed by atoms with van der Waals surface area (Å²) in [6.45, 7) is 4.90. The topological polar surface area (TPSA) is 62.5 Å². The second-order valence-electron chi connectivity index (χ2n) is 7.64. The Bertz CT molecular complexity index is 757. The van der Waals surface area contributed by atoms with E-state index in [1.807, 2.05) is 17.9 Å². The second-order valence-corrected chi connectivity index (χ2v) is 7.64. The van der Waals surface area contributed by atoms with E-state index in [4.69, 9.17) is 4.52 Å². The molecule has 0 bridgehead atoms. The number of nitrogens with zero attached hydrogens (tertiary/aromatic N) is 4. The number of hydrogen-bond donors (Lipinski definition) is 0. The Hall–Kier alpha value is -2.21. The fourth-order valence-electron chi connectivity index (χ4n) is 3.83.